The van der Waals surface area contributed by atoms with Crippen LogP contribution in [0, 0.1) is 11.8 Å². The number of para-hydroxylation sites is 1. The number of ether oxygens (including phenoxy) is 1. The molecule has 4 heterocycles. The van der Waals surface area contributed by atoms with E-state index in [2.05, 4.69) is 0 Å². The van der Waals surface area contributed by atoms with Gasteiger partial charge in [-0.25, -0.2) is 0 Å². The SMILES string of the molecule is CC[C@]12C=CCN(c3ccccc3)C(=O)[C@H]1[C@H]1C(=O)N(CCCCO)C3C(=O)N(C(C)C)CC=C[C@@]31O2. The van der Waals surface area contributed by atoms with E-state index in [1.54, 1.807) is 14.7 Å². The molecular weight excluding hydrogens is 470 g/mol. The van der Waals surface area contributed by atoms with E-state index in [1.807, 2.05) is 75.4 Å². The largest absolute Gasteiger partial charge is 0.396 e. The maximum Gasteiger partial charge on any atom is 0.249 e. The lowest BCUT2D eigenvalue weighted by atomic mass is 9.73. The summed E-state index contributed by atoms with van der Waals surface area (Å²) in [5, 5.41) is 9.36. The summed E-state index contributed by atoms with van der Waals surface area (Å²) in [5.74, 6) is -2.12. The molecule has 0 saturated carbocycles. The number of fused-ring (bicyclic) bond motifs is 2. The highest BCUT2D eigenvalue weighted by atomic mass is 16.5. The van der Waals surface area contributed by atoms with Crippen LogP contribution in [0.2, 0.25) is 0 Å². The Labute approximate surface area is 218 Å². The second-order valence-electron chi connectivity index (χ2n) is 10.8. The molecule has 0 aromatic heterocycles. The maximum absolute atomic E-state index is 14.3. The van der Waals surface area contributed by atoms with E-state index in [-0.39, 0.29) is 30.4 Å². The lowest BCUT2D eigenvalue weighted by Gasteiger charge is -2.39. The molecule has 37 heavy (non-hydrogen) atoms. The minimum absolute atomic E-state index is 0.0145. The summed E-state index contributed by atoms with van der Waals surface area (Å²) < 4.78 is 6.96. The monoisotopic (exact) mass is 507 g/mol. The van der Waals surface area contributed by atoms with Crippen molar-refractivity contribution in [1.29, 1.82) is 0 Å². The van der Waals surface area contributed by atoms with Gasteiger partial charge in [-0.15, -0.1) is 0 Å². The summed E-state index contributed by atoms with van der Waals surface area (Å²) in [5.41, 5.74) is -1.46. The molecule has 5 rings (SSSR count). The van der Waals surface area contributed by atoms with E-state index < -0.39 is 29.1 Å². The van der Waals surface area contributed by atoms with Crippen molar-refractivity contribution in [3.8, 4) is 0 Å². The molecule has 1 aromatic rings. The maximum atomic E-state index is 14.3. The molecule has 0 aliphatic carbocycles. The van der Waals surface area contributed by atoms with Gasteiger partial charge in [0.25, 0.3) is 0 Å². The number of likely N-dealkylation sites (tertiary alicyclic amines) is 1. The van der Waals surface area contributed by atoms with Gasteiger partial charge >= 0.3 is 0 Å². The van der Waals surface area contributed by atoms with Crippen LogP contribution in [0.4, 0.5) is 5.69 Å². The van der Waals surface area contributed by atoms with Gasteiger partial charge in [-0.2, -0.15) is 0 Å². The van der Waals surface area contributed by atoms with Gasteiger partial charge in [-0.1, -0.05) is 49.4 Å². The molecule has 4 aliphatic heterocycles. The van der Waals surface area contributed by atoms with E-state index in [1.165, 1.54) is 0 Å². The number of carbonyl (C=O) groups excluding carboxylic acids is 3. The van der Waals surface area contributed by atoms with Gasteiger partial charge in [0.2, 0.25) is 17.7 Å². The predicted octanol–water partition coefficient (Wildman–Crippen LogP) is 2.53. The van der Waals surface area contributed by atoms with Gasteiger partial charge in [0, 0.05) is 38.0 Å². The molecule has 1 spiro atoms. The summed E-state index contributed by atoms with van der Waals surface area (Å²) >= 11 is 0. The summed E-state index contributed by atoms with van der Waals surface area (Å²) in [4.78, 5) is 47.8. The molecule has 2 fully saturated rings. The first kappa shape index (κ1) is 25.7. The Morgan fingerprint density at radius 3 is 2.38 bits per heavy atom. The molecular formula is C29H37N3O5. The van der Waals surface area contributed by atoms with Crippen molar-refractivity contribution in [3.63, 3.8) is 0 Å². The Kier molecular flexibility index (Phi) is 6.75. The summed E-state index contributed by atoms with van der Waals surface area (Å²) in [6.45, 7) is 7.05. The van der Waals surface area contributed by atoms with Crippen LogP contribution < -0.4 is 4.90 Å². The van der Waals surface area contributed by atoms with Crippen LogP contribution in [-0.2, 0) is 19.1 Å². The molecule has 8 heteroatoms. The van der Waals surface area contributed by atoms with Crippen molar-refractivity contribution in [2.45, 2.75) is 63.3 Å². The molecule has 0 bridgehead atoms. The molecule has 1 N–H and O–H groups in total. The highest BCUT2D eigenvalue weighted by Crippen LogP contribution is 2.58. The number of carbonyl (C=O) groups is 3. The van der Waals surface area contributed by atoms with E-state index in [0.29, 0.717) is 38.9 Å². The zero-order valence-electron chi connectivity index (χ0n) is 21.9. The van der Waals surface area contributed by atoms with Gasteiger partial charge in [0.15, 0.2) is 0 Å². The third kappa shape index (κ3) is 3.84. The van der Waals surface area contributed by atoms with Crippen molar-refractivity contribution in [3.05, 3.63) is 54.6 Å². The second kappa shape index (κ2) is 9.72. The molecule has 8 nitrogen and oxygen atoms in total. The number of nitrogens with zero attached hydrogens (tertiary/aromatic N) is 3. The Morgan fingerprint density at radius 1 is 0.973 bits per heavy atom. The second-order valence-corrected chi connectivity index (χ2v) is 10.8. The summed E-state index contributed by atoms with van der Waals surface area (Å²) in [7, 11) is 0. The number of amides is 3. The van der Waals surface area contributed by atoms with Crippen LogP contribution in [0.5, 0.6) is 0 Å². The normalized spacial score (nSPS) is 33.1. The lowest BCUT2D eigenvalue weighted by molar-refractivity contribution is -0.153. The summed E-state index contributed by atoms with van der Waals surface area (Å²) in [6, 6.07) is 8.57. The molecule has 4 aliphatic rings. The molecule has 198 valence electrons. The van der Waals surface area contributed by atoms with Gasteiger partial charge in [-0.05, 0) is 45.2 Å². The van der Waals surface area contributed by atoms with Crippen LogP contribution >= 0.6 is 0 Å². The van der Waals surface area contributed by atoms with E-state index in [9.17, 15) is 19.5 Å². The zero-order chi connectivity index (χ0) is 26.4. The fraction of sp³-hybridized carbons (Fsp3) is 0.552. The van der Waals surface area contributed by atoms with Crippen molar-refractivity contribution in [1.82, 2.24) is 9.80 Å². The standard InChI is InChI=1S/C29H37N3O5/c1-4-28-14-10-18-31(21-12-6-5-7-13-21)25(34)22(28)23-26(35)32(16-8-9-19-33)24-27(36)30(20(2)3)17-11-15-29(23,24)37-28/h5-7,10-15,20,22-24,33H,4,8-9,16-19H2,1-3H3/t22-,23+,24?,28+,29+/m1/s1. The fourth-order valence-electron chi connectivity index (χ4n) is 6.72. The van der Waals surface area contributed by atoms with Gasteiger partial charge in [-0.3, -0.25) is 14.4 Å². The summed E-state index contributed by atoms with van der Waals surface area (Å²) in [6.07, 6.45) is 9.32. The highest BCUT2D eigenvalue weighted by Gasteiger charge is 2.75. The topological polar surface area (TPSA) is 90.4 Å². The number of aliphatic hydroxyl groups is 1. The number of hydrogen-bond acceptors (Lipinski definition) is 5. The first-order valence-electron chi connectivity index (χ1n) is 13.4. The van der Waals surface area contributed by atoms with Crippen LogP contribution in [-0.4, -0.2) is 82.2 Å². The zero-order valence-corrected chi connectivity index (χ0v) is 21.9. The molecule has 0 radical (unpaired) electrons. The average molecular weight is 508 g/mol. The van der Waals surface area contributed by atoms with Crippen molar-refractivity contribution in [2.24, 2.45) is 11.8 Å². The molecule has 1 unspecified atom stereocenters. The average Bonchev–Trinajstić information content (AvgIpc) is 3.17. The number of benzene rings is 1. The minimum atomic E-state index is -1.24. The quantitative estimate of drug-likeness (QED) is 0.453. The van der Waals surface area contributed by atoms with Crippen molar-refractivity contribution >= 4 is 23.4 Å². The van der Waals surface area contributed by atoms with Gasteiger partial charge in [0.05, 0.1) is 17.4 Å². The fourth-order valence-corrected chi connectivity index (χ4v) is 6.72. The third-order valence-electron chi connectivity index (χ3n) is 8.47. The number of hydrogen-bond donors (Lipinski definition) is 1. The smallest absolute Gasteiger partial charge is 0.249 e. The van der Waals surface area contributed by atoms with Gasteiger partial charge in [0.1, 0.15) is 11.6 Å². The van der Waals surface area contributed by atoms with Crippen molar-refractivity contribution in [2.75, 3.05) is 31.1 Å². The Balaban J connectivity index is 1.64. The minimum Gasteiger partial charge on any atom is -0.396 e. The van der Waals surface area contributed by atoms with Crippen LogP contribution in [0.1, 0.15) is 40.0 Å². The number of rotatable bonds is 7. The predicted molar refractivity (Wildman–Crippen MR) is 140 cm³/mol. The van der Waals surface area contributed by atoms with Crippen molar-refractivity contribution < 1.29 is 24.2 Å². The van der Waals surface area contributed by atoms with E-state index >= 15 is 0 Å². The first-order chi connectivity index (χ1) is 17.8. The van der Waals surface area contributed by atoms with Gasteiger partial charge < -0.3 is 24.5 Å². The molecule has 5 atom stereocenters. The highest BCUT2D eigenvalue weighted by molar-refractivity contribution is 6.04. The first-order valence-corrected chi connectivity index (χ1v) is 13.4. The van der Waals surface area contributed by atoms with Crippen LogP contribution in [0.15, 0.2) is 54.6 Å². The Bertz CT molecular complexity index is 1120. The Hall–Kier alpha value is -2.97. The molecule has 1 aromatic carbocycles. The number of unbranched alkanes of at least 4 members (excludes halogenated alkanes) is 1. The van der Waals surface area contributed by atoms with Crippen LogP contribution in [0.25, 0.3) is 0 Å². The third-order valence-corrected chi connectivity index (χ3v) is 8.47. The van der Waals surface area contributed by atoms with Crippen LogP contribution in [0.3, 0.4) is 0 Å². The van der Waals surface area contributed by atoms with E-state index in [4.69, 9.17) is 4.74 Å². The number of anilines is 1. The number of aliphatic hydroxyl groups excluding tert-OH is 1. The van der Waals surface area contributed by atoms with E-state index in [0.717, 1.165) is 5.69 Å². The molecule has 2 saturated heterocycles. The molecule has 3 amide bonds. The lowest BCUT2D eigenvalue weighted by Crippen LogP contribution is -2.57. The Morgan fingerprint density at radius 2 is 1.70 bits per heavy atom.